The molecule has 1 atom stereocenters. The molecule has 0 aliphatic heterocycles. The third-order valence-electron chi connectivity index (χ3n) is 3.95. The SMILES string of the molecule is COc1ccc(N([C@H](C)C(=O)N/N=C\c2ccc(OC(C)=O)cc2)S(C)(=O)=O)cc1. The van der Waals surface area contributed by atoms with Crippen molar-refractivity contribution >= 4 is 33.8 Å². The molecule has 0 saturated carbocycles. The summed E-state index contributed by atoms with van der Waals surface area (Å²) in [4.78, 5) is 23.4. The first-order valence-corrected chi connectivity index (χ1v) is 10.7. The number of anilines is 1. The Morgan fingerprint density at radius 3 is 2.13 bits per heavy atom. The van der Waals surface area contributed by atoms with Crippen molar-refractivity contribution in [2.45, 2.75) is 19.9 Å². The maximum absolute atomic E-state index is 12.5. The van der Waals surface area contributed by atoms with Gasteiger partial charge in [0.15, 0.2) is 0 Å². The summed E-state index contributed by atoms with van der Waals surface area (Å²) in [7, 11) is -2.23. The quantitative estimate of drug-likeness (QED) is 0.294. The van der Waals surface area contributed by atoms with Gasteiger partial charge >= 0.3 is 5.97 Å². The van der Waals surface area contributed by atoms with Gasteiger partial charge in [-0.15, -0.1) is 0 Å². The lowest BCUT2D eigenvalue weighted by atomic mass is 10.2. The molecule has 160 valence electrons. The Balaban J connectivity index is 2.09. The van der Waals surface area contributed by atoms with Crippen LogP contribution >= 0.6 is 0 Å². The Bertz CT molecular complexity index is 1020. The van der Waals surface area contributed by atoms with E-state index < -0.39 is 27.9 Å². The monoisotopic (exact) mass is 433 g/mol. The summed E-state index contributed by atoms with van der Waals surface area (Å²) in [6, 6.07) is 11.7. The van der Waals surface area contributed by atoms with Gasteiger partial charge in [-0.05, 0) is 61.0 Å². The van der Waals surface area contributed by atoms with Crippen molar-refractivity contribution in [3.8, 4) is 11.5 Å². The zero-order valence-electron chi connectivity index (χ0n) is 17.0. The van der Waals surface area contributed by atoms with Crippen LogP contribution in [0.1, 0.15) is 19.4 Å². The first kappa shape index (κ1) is 22.9. The molecular formula is C20H23N3O6S. The lowest BCUT2D eigenvalue weighted by Gasteiger charge is -2.27. The van der Waals surface area contributed by atoms with Crippen LogP contribution in [0.4, 0.5) is 5.69 Å². The Kier molecular flexibility index (Phi) is 7.54. The van der Waals surface area contributed by atoms with Gasteiger partial charge in [0, 0.05) is 6.92 Å². The van der Waals surface area contributed by atoms with Crippen LogP contribution in [-0.4, -0.2) is 45.9 Å². The van der Waals surface area contributed by atoms with Crippen molar-refractivity contribution in [3.63, 3.8) is 0 Å². The van der Waals surface area contributed by atoms with Crippen LogP contribution < -0.4 is 19.2 Å². The van der Waals surface area contributed by atoms with E-state index >= 15 is 0 Å². The molecule has 0 aromatic heterocycles. The normalized spacial score (nSPS) is 12.3. The van der Waals surface area contributed by atoms with E-state index in [1.165, 1.54) is 27.2 Å². The largest absolute Gasteiger partial charge is 0.497 e. The maximum atomic E-state index is 12.5. The second kappa shape index (κ2) is 9.88. The van der Waals surface area contributed by atoms with Crippen LogP contribution in [0.3, 0.4) is 0 Å². The van der Waals surface area contributed by atoms with Crippen molar-refractivity contribution in [1.29, 1.82) is 0 Å². The fraction of sp³-hybridized carbons (Fsp3) is 0.250. The topological polar surface area (TPSA) is 114 Å². The molecule has 1 amide bonds. The highest BCUT2D eigenvalue weighted by atomic mass is 32.2. The first-order chi connectivity index (χ1) is 14.1. The van der Waals surface area contributed by atoms with Crippen LogP contribution in [-0.2, 0) is 19.6 Å². The number of hydrogen-bond donors (Lipinski definition) is 1. The Morgan fingerprint density at radius 2 is 1.63 bits per heavy atom. The van der Waals surface area contributed by atoms with E-state index in [0.717, 1.165) is 10.6 Å². The summed E-state index contributed by atoms with van der Waals surface area (Å²) in [5.41, 5.74) is 3.31. The number of ether oxygens (including phenoxy) is 2. The molecule has 0 unspecified atom stereocenters. The highest BCUT2D eigenvalue weighted by molar-refractivity contribution is 7.92. The second-order valence-corrected chi connectivity index (χ2v) is 8.19. The molecule has 0 aliphatic rings. The smallest absolute Gasteiger partial charge is 0.308 e. The number of nitrogens with zero attached hydrogens (tertiary/aromatic N) is 2. The zero-order valence-corrected chi connectivity index (χ0v) is 17.8. The molecule has 1 N–H and O–H groups in total. The molecule has 0 bridgehead atoms. The van der Waals surface area contributed by atoms with Crippen molar-refractivity contribution in [1.82, 2.24) is 5.43 Å². The molecule has 0 saturated heterocycles. The van der Waals surface area contributed by atoms with Gasteiger partial charge < -0.3 is 9.47 Å². The summed E-state index contributed by atoms with van der Waals surface area (Å²) < 4.78 is 35.6. The number of carbonyl (C=O) groups is 2. The fourth-order valence-corrected chi connectivity index (χ4v) is 3.76. The summed E-state index contributed by atoms with van der Waals surface area (Å²) in [6.45, 7) is 2.77. The predicted molar refractivity (Wildman–Crippen MR) is 113 cm³/mol. The van der Waals surface area contributed by atoms with E-state index in [2.05, 4.69) is 10.5 Å². The summed E-state index contributed by atoms with van der Waals surface area (Å²) in [5, 5.41) is 3.86. The van der Waals surface area contributed by atoms with Gasteiger partial charge in [-0.2, -0.15) is 5.10 Å². The van der Waals surface area contributed by atoms with Crippen molar-refractivity contribution in [3.05, 3.63) is 54.1 Å². The van der Waals surface area contributed by atoms with Gasteiger partial charge in [0.1, 0.15) is 17.5 Å². The number of rotatable bonds is 8. The highest BCUT2D eigenvalue weighted by Gasteiger charge is 2.29. The third kappa shape index (κ3) is 6.31. The van der Waals surface area contributed by atoms with Gasteiger partial charge in [0.2, 0.25) is 10.0 Å². The van der Waals surface area contributed by atoms with E-state index in [-0.39, 0.29) is 0 Å². The van der Waals surface area contributed by atoms with Crippen LogP contribution in [0.15, 0.2) is 53.6 Å². The molecule has 0 fully saturated rings. The van der Waals surface area contributed by atoms with E-state index in [1.54, 1.807) is 48.5 Å². The van der Waals surface area contributed by atoms with E-state index in [0.29, 0.717) is 22.7 Å². The predicted octanol–water partition coefficient (Wildman–Crippen LogP) is 1.93. The first-order valence-electron chi connectivity index (χ1n) is 8.86. The number of amides is 1. The molecule has 2 aromatic carbocycles. The van der Waals surface area contributed by atoms with Crippen LogP contribution in [0, 0.1) is 0 Å². The number of benzene rings is 2. The second-order valence-electron chi connectivity index (χ2n) is 6.33. The minimum absolute atomic E-state index is 0.325. The number of methoxy groups -OCH3 is 1. The minimum atomic E-state index is -3.74. The molecule has 10 heteroatoms. The Hall–Kier alpha value is -3.40. The van der Waals surface area contributed by atoms with Crippen LogP contribution in [0.2, 0.25) is 0 Å². The summed E-state index contributed by atoms with van der Waals surface area (Å²) >= 11 is 0. The average Bonchev–Trinajstić information content (AvgIpc) is 2.68. The highest BCUT2D eigenvalue weighted by Crippen LogP contribution is 2.23. The van der Waals surface area contributed by atoms with Crippen molar-refractivity contribution < 1.29 is 27.5 Å². The number of carbonyl (C=O) groups excluding carboxylic acids is 2. The van der Waals surface area contributed by atoms with E-state index in [1.807, 2.05) is 0 Å². The number of nitrogens with one attached hydrogen (secondary N) is 1. The van der Waals surface area contributed by atoms with Gasteiger partial charge in [-0.25, -0.2) is 13.8 Å². The number of hydrazone groups is 1. The van der Waals surface area contributed by atoms with Crippen LogP contribution in [0.25, 0.3) is 0 Å². The lowest BCUT2D eigenvalue weighted by Crippen LogP contribution is -2.46. The average molecular weight is 433 g/mol. The Labute approximate surface area is 175 Å². The summed E-state index contributed by atoms with van der Waals surface area (Å²) in [5.74, 6) is -0.0804. The van der Waals surface area contributed by atoms with Gasteiger partial charge in [-0.1, -0.05) is 0 Å². The van der Waals surface area contributed by atoms with Gasteiger partial charge in [-0.3, -0.25) is 13.9 Å². The molecule has 2 rings (SSSR count). The molecule has 9 nitrogen and oxygen atoms in total. The molecular weight excluding hydrogens is 410 g/mol. The lowest BCUT2D eigenvalue weighted by molar-refractivity contribution is -0.131. The van der Waals surface area contributed by atoms with Crippen molar-refractivity contribution in [2.24, 2.45) is 5.10 Å². The molecule has 0 radical (unpaired) electrons. The molecule has 0 aliphatic carbocycles. The fourth-order valence-electron chi connectivity index (χ4n) is 2.59. The number of sulfonamides is 1. The van der Waals surface area contributed by atoms with Crippen LogP contribution in [0.5, 0.6) is 11.5 Å². The zero-order chi connectivity index (χ0) is 22.3. The number of esters is 1. The molecule has 0 spiro atoms. The third-order valence-corrected chi connectivity index (χ3v) is 5.19. The van der Waals surface area contributed by atoms with Gasteiger partial charge in [0.25, 0.3) is 5.91 Å². The minimum Gasteiger partial charge on any atom is -0.497 e. The summed E-state index contributed by atoms with van der Waals surface area (Å²) in [6.07, 6.45) is 2.41. The van der Waals surface area contributed by atoms with Crippen molar-refractivity contribution in [2.75, 3.05) is 17.7 Å². The molecule has 2 aromatic rings. The van der Waals surface area contributed by atoms with E-state index in [4.69, 9.17) is 9.47 Å². The molecule has 0 heterocycles. The van der Waals surface area contributed by atoms with E-state index in [9.17, 15) is 18.0 Å². The standard InChI is InChI=1S/C20H23N3O6S/c1-14(23(30(4,26)27)17-7-11-18(28-3)12-8-17)20(25)22-21-13-16-5-9-19(10-6-16)29-15(2)24/h5-14H,1-4H3,(H,22,25)/b21-13-/t14-/m1/s1. The van der Waals surface area contributed by atoms with Gasteiger partial charge in [0.05, 0.1) is 25.3 Å². The molecule has 30 heavy (non-hydrogen) atoms. The number of hydrogen-bond acceptors (Lipinski definition) is 7. The Morgan fingerprint density at radius 1 is 1.07 bits per heavy atom. The maximum Gasteiger partial charge on any atom is 0.308 e.